The molecular formula is C18H21N5O3. The van der Waals surface area contributed by atoms with E-state index >= 15 is 0 Å². The van der Waals surface area contributed by atoms with Gasteiger partial charge in [0.15, 0.2) is 0 Å². The normalized spacial score (nSPS) is 16.3. The van der Waals surface area contributed by atoms with Crippen LogP contribution in [0.3, 0.4) is 0 Å². The molecule has 2 aliphatic rings. The Labute approximate surface area is 151 Å². The fourth-order valence-electron chi connectivity index (χ4n) is 3.11. The van der Waals surface area contributed by atoms with Gasteiger partial charge in [0.25, 0.3) is 0 Å². The minimum atomic E-state index is -0.163. The molecule has 0 radical (unpaired) electrons. The number of methoxy groups -OCH3 is 1. The molecule has 0 bridgehead atoms. The molecule has 8 heteroatoms. The van der Waals surface area contributed by atoms with Gasteiger partial charge in [-0.1, -0.05) is 6.07 Å². The fraction of sp³-hybridized carbons (Fsp3) is 0.389. The van der Waals surface area contributed by atoms with Crippen LogP contribution in [0, 0.1) is 0 Å². The Morgan fingerprint density at radius 3 is 2.92 bits per heavy atom. The summed E-state index contributed by atoms with van der Waals surface area (Å²) in [5.74, 6) is 1.41. The van der Waals surface area contributed by atoms with E-state index in [4.69, 9.17) is 9.47 Å². The minimum Gasteiger partial charge on any atom is -0.497 e. The van der Waals surface area contributed by atoms with Crippen LogP contribution in [0.5, 0.6) is 5.75 Å². The quantitative estimate of drug-likeness (QED) is 0.905. The first kappa shape index (κ1) is 16.6. The van der Waals surface area contributed by atoms with E-state index in [1.165, 1.54) is 0 Å². The standard InChI is InChI=1S/C18H21N5O3/c1-25-15-4-2-3-14(9-15)20-18(24)23-11-13-10-19-17(21-16(13)12-23)22-5-7-26-8-6-22/h2-4,9-10H,5-8,11-12H2,1H3,(H,20,24). The van der Waals surface area contributed by atoms with Crippen molar-refractivity contribution in [3.8, 4) is 5.75 Å². The summed E-state index contributed by atoms with van der Waals surface area (Å²) >= 11 is 0. The topological polar surface area (TPSA) is 79.8 Å². The lowest BCUT2D eigenvalue weighted by molar-refractivity contribution is 0.122. The van der Waals surface area contributed by atoms with Gasteiger partial charge in [0.05, 0.1) is 39.1 Å². The summed E-state index contributed by atoms with van der Waals surface area (Å²) < 4.78 is 10.6. The highest BCUT2D eigenvalue weighted by Crippen LogP contribution is 2.24. The van der Waals surface area contributed by atoms with E-state index in [1.807, 2.05) is 24.4 Å². The molecule has 26 heavy (non-hydrogen) atoms. The molecule has 1 aromatic carbocycles. The van der Waals surface area contributed by atoms with Crippen molar-refractivity contribution in [3.05, 3.63) is 41.7 Å². The molecule has 3 heterocycles. The SMILES string of the molecule is COc1cccc(NC(=O)N2Cc3cnc(N4CCOCC4)nc3C2)c1. The number of carbonyl (C=O) groups excluding carboxylic acids is 1. The number of carbonyl (C=O) groups is 1. The van der Waals surface area contributed by atoms with E-state index in [0.29, 0.717) is 43.7 Å². The van der Waals surface area contributed by atoms with Gasteiger partial charge < -0.3 is 24.6 Å². The van der Waals surface area contributed by atoms with Gasteiger partial charge >= 0.3 is 6.03 Å². The number of rotatable bonds is 3. The summed E-state index contributed by atoms with van der Waals surface area (Å²) in [4.78, 5) is 25.5. The molecule has 2 aromatic rings. The third kappa shape index (κ3) is 3.41. The van der Waals surface area contributed by atoms with Crippen molar-refractivity contribution < 1.29 is 14.3 Å². The Bertz CT molecular complexity index is 807. The zero-order chi connectivity index (χ0) is 17.9. The van der Waals surface area contributed by atoms with Crippen molar-refractivity contribution in [1.82, 2.24) is 14.9 Å². The Balaban J connectivity index is 1.43. The second kappa shape index (κ2) is 7.17. The summed E-state index contributed by atoms with van der Waals surface area (Å²) in [5.41, 5.74) is 2.59. The first-order valence-corrected chi connectivity index (χ1v) is 8.60. The van der Waals surface area contributed by atoms with Crippen LogP contribution >= 0.6 is 0 Å². The highest BCUT2D eigenvalue weighted by atomic mass is 16.5. The Morgan fingerprint density at radius 2 is 2.12 bits per heavy atom. The Hall–Kier alpha value is -2.87. The van der Waals surface area contributed by atoms with Crippen LogP contribution in [0.4, 0.5) is 16.4 Å². The summed E-state index contributed by atoms with van der Waals surface area (Å²) in [7, 11) is 1.60. The molecule has 8 nitrogen and oxygen atoms in total. The van der Waals surface area contributed by atoms with Crippen LogP contribution in [-0.2, 0) is 17.8 Å². The third-order valence-electron chi connectivity index (χ3n) is 4.55. The van der Waals surface area contributed by atoms with Crippen LogP contribution in [0.1, 0.15) is 11.3 Å². The van der Waals surface area contributed by atoms with Gasteiger partial charge in [0.2, 0.25) is 5.95 Å². The van der Waals surface area contributed by atoms with E-state index in [1.54, 1.807) is 18.1 Å². The minimum absolute atomic E-state index is 0.163. The lowest BCUT2D eigenvalue weighted by Crippen LogP contribution is -2.37. The van der Waals surface area contributed by atoms with Crippen LogP contribution in [0.2, 0.25) is 0 Å². The molecule has 0 atom stereocenters. The number of urea groups is 1. The van der Waals surface area contributed by atoms with Gasteiger partial charge in [-0.25, -0.2) is 14.8 Å². The molecule has 1 fully saturated rings. The molecule has 1 N–H and O–H groups in total. The number of amides is 2. The summed E-state index contributed by atoms with van der Waals surface area (Å²) in [6, 6.07) is 7.14. The maximum atomic E-state index is 12.6. The lowest BCUT2D eigenvalue weighted by Gasteiger charge is -2.26. The number of benzene rings is 1. The molecule has 2 aliphatic heterocycles. The van der Waals surface area contributed by atoms with Crippen LogP contribution < -0.4 is 15.0 Å². The number of hydrogen-bond donors (Lipinski definition) is 1. The summed E-state index contributed by atoms with van der Waals surface area (Å²) in [5, 5.41) is 2.90. The van der Waals surface area contributed by atoms with Crippen molar-refractivity contribution in [3.63, 3.8) is 0 Å². The summed E-state index contributed by atoms with van der Waals surface area (Å²) in [6.07, 6.45) is 1.83. The van der Waals surface area contributed by atoms with Gasteiger partial charge in [-0.15, -0.1) is 0 Å². The highest BCUT2D eigenvalue weighted by molar-refractivity contribution is 5.89. The maximum Gasteiger partial charge on any atom is 0.322 e. The van der Waals surface area contributed by atoms with Crippen LogP contribution in [0.25, 0.3) is 0 Å². The summed E-state index contributed by atoms with van der Waals surface area (Å²) in [6.45, 7) is 3.95. The van der Waals surface area contributed by atoms with Crippen molar-refractivity contribution in [2.75, 3.05) is 43.6 Å². The van der Waals surface area contributed by atoms with Gasteiger partial charge in [0, 0.05) is 36.6 Å². The zero-order valence-corrected chi connectivity index (χ0v) is 14.6. The monoisotopic (exact) mass is 355 g/mol. The fourth-order valence-corrected chi connectivity index (χ4v) is 3.11. The highest BCUT2D eigenvalue weighted by Gasteiger charge is 2.26. The average molecular weight is 355 g/mol. The molecule has 2 amide bonds. The van der Waals surface area contributed by atoms with E-state index < -0.39 is 0 Å². The smallest absolute Gasteiger partial charge is 0.322 e. The Morgan fingerprint density at radius 1 is 1.27 bits per heavy atom. The molecule has 0 saturated carbocycles. The number of morpholine rings is 1. The van der Waals surface area contributed by atoms with Crippen molar-refractivity contribution >= 4 is 17.7 Å². The molecule has 0 spiro atoms. The Kier molecular flexibility index (Phi) is 4.57. The van der Waals surface area contributed by atoms with Crippen molar-refractivity contribution in [1.29, 1.82) is 0 Å². The lowest BCUT2D eigenvalue weighted by atomic mass is 10.3. The van der Waals surface area contributed by atoms with Crippen LogP contribution in [-0.4, -0.2) is 54.3 Å². The molecule has 1 saturated heterocycles. The number of hydrogen-bond acceptors (Lipinski definition) is 6. The number of aromatic nitrogens is 2. The third-order valence-corrected chi connectivity index (χ3v) is 4.55. The van der Waals surface area contributed by atoms with Gasteiger partial charge in [0.1, 0.15) is 5.75 Å². The van der Waals surface area contributed by atoms with Crippen molar-refractivity contribution in [2.24, 2.45) is 0 Å². The van der Waals surface area contributed by atoms with Crippen LogP contribution in [0.15, 0.2) is 30.5 Å². The van der Waals surface area contributed by atoms with E-state index in [9.17, 15) is 4.79 Å². The van der Waals surface area contributed by atoms with Gasteiger partial charge in [-0.2, -0.15) is 0 Å². The number of fused-ring (bicyclic) bond motifs is 1. The second-order valence-corrected chi connectivity index (χ2v) is 6.26. The number of nitrogens with one attached hydrogen (secondary N) is 1. The molecule has 4 rings (SSSR count). The molecule has 0 aliphatic carbocycles. The van der Waals surface area contributed by atoms with E-state index in [2.05, 4.69) is 20.2 Å². The molecule has 1 aromatic heterocycles. The number of anilines is 2. The zero-order valence-electron chi connectivity index (χ0n) is 14.6. The number of ether oxygens (including phenoxy) is 2. The predicted molar refractivity (Wildman–Crippen MR) is 96.3 cm³/mol. The van der Waals surface area contributed by atoms with Crippen molar-refractivity contribution in [2.45, 2.75) is 13.1 Å². The predicted octanol–water partition coefficient (Wildman–Crippen LogP) is 1.87. The first-order chi connectivity index (χ1) is 12.7. The molecule has 0 unspecified atom stereocenters. The molecular weight excluding hydrogens is 334 g/mol. The first-order valence-electron chi connectivity index (χ1n) is 8.60. The maximum absolute atomic E-state index is 12.6. The van der Waals surface area contributed by atoms with Gasteiger partial charge in [-0.3, -0.25) is 0 Å². The second-order valence-electron chi connectivity index (χ2n) is 6.26. The van der Waals surface area contributed by atoms with Gasteiger partial charge in [-0.05, 0) is 12.1 Å². The molecule has 136 valence electrons. The number of nitrogens with zero attached hydrogens (tertiary/aromatic N) is 4. The average Bonchev–Trinajstić information content (AvgIpc) is 3.12. The van der Waals surface area contributed by atoms with E-state index in [-0.39, 0.29) is 6.03 Å². The van der Waals surface area contributed by atoms with E-state index in [0.717, 1.165) is 24.3 Å². The largest absolute Gasteiger partial charge is 0.497 e.